The Hall–Kier alpha value is -1.22. The van der Waals surface area contributed by atoms with Crippen LogP contribution in [0.5, 0.6) is 0 Å². The summed E-state index contributed by atoms with van der Waals surface area (Å²) in [6.07, 6.45) is 2.70. The van der Waals surface area contributed by atoms with Gasteiger partial charge in [-0.1, -0.05) is 12.1 Å². The maximum absolute atomic E-state index is 5.90. The normalized spacial score (nSPS) is 15.1. The zero-order valence-electron chi connectivity index (χ0n) is 9.86. The molecular formula is C13H20N2O. The number of para-hydroxylation sites is 2. The molecule has 0 spiro atoms. The lowest BCUT2D eigenvalue weighted by Crippen LogP contribution is -2.23. The minimum absolute atomic E-state index is 0.779. The van der Waals surface area contributed by atoms with Crippen LogP contribution >= 0.6 is 0 Å². The topological polar surface area (TPSA) is 38.5 Å². The van der Waals surface area contributed by atoms with Crippen LogP contribution in [0.15, 0.2) is 24.3 Å². The third-order valence-electron chi connectivity index (χ3n) is 2.97. The molecule has 1 aliphatic rings. The Bertz CT molecular complexity index is 336. The van der Waals surface area contributed by atoms with E-state index >= 15 is 0 Å². The molecule has 16 heavy (non-hydrogen) atoms. The predicted molar refractivity (Wildman–Crippen MR) is 67.7 cm³/mol. The van der Waals surface area contributed by atoms with E-state index in [4.69, 9.17) is 10.5 Å². The van der Waals surface area contributed by atoms with E-state index in [9.17, 15) is 0 Å². The maximum Gasteiger partial charge on any atom is 0.0641 e. The second-order valence-corrected chi connectivity index (χ2v) is 4.50. The molecule has 1 aromatic rings. The first-order valence-corrected chi connectivity index (χ1v) is 5.91. The van der Waals surface area contributed by atoms with Gasteiger partial charge in [-0.3, -0.25) is 0 Å². The van der Waals surface area contributed by atoms with E-state index in [1.54, 1.807) is 0 Å². The number of nitrogens with zero attached hydrogens (tertiary/aromatic N) is 1. The highest BCUT2D eigenvalue weighted by atomic mass is 16.5. The Balaban J connectivity index is 1.73. The fourth-order valence-corrected chi connectivity index (χ4v) is 1.69. The SMILES string of the molecule is CN(CCOCC1CC1)c1ccccc1N. The zero-order chi connectivity index (χ0) is 11.4. The van der Waals surface area contributed by atoms with E-state index in [1.165, 1.54) is 12.8 Å². The van der Waals surface area contributed by atoms with Gasteiger partial charge < -0.3 is 15.4 Å². The van der Waals surface area contributed by atoms with Crippen LogP contribution in [0.3, 0.4) is 0 Å². The van der Waals surface area contributed by atoms with Crippen molar-refractivity contribution in [3.63, 3.8) is 0 Å². The molecule has 1 aromatic carbocycles. The number of hydrogen-bond acceptors (Lipinski definition) is 3. The summed E-state index contributed by atoms with van der Waals surface area (Å²) in [5.74, 6) is 0.840. The molecule has 0 amide bonds. The highest BCUT2D eigenvalue weighted by Crippen LogP contribution is 2.28. The lowest BCUT2D eigenvalue weighted by Gasteiger charge is -2.20. The van der Waals surface area contributed by atoms with Crippen molar-refractivity contribution in [1.82, 2.24) is 0 Å². The van der Waals surface area contributed by atoms with Crippen LogP contribution in [0.25, 0.3) is 0 Å². The second kappa shape index (κ2) is 5.21. The van der Waals surface area contributed by atoms with Gasteiger partial charge in [0.15, 0.2) is 0 Å². The van der Waals surface area contributed by atoms with Gasteiger partial charge in [0.2, 0.25) is 0 Å². The van der Waals surface area contributed by atoms with Gasteiger partial charge in [0, 0.05) is 20.2 Å². The van der Waals surface area contributed by atoms with Crippen LogP contribution in [0, 0.1) is 5.92 Å². The maximum atomic E-state index is 5.90. The van der Waals surface area contributed by atoms with E-state index in [2.05, 4.69) is 4.90 Å². The molecule has 1 saturated carbocycles. The number of anilines is 2. The van der Waals surface area contributed by atoms with Crippen molar-refractivity contribution in [2.75, 3.05) is 37.4 Å². The number of ether oxygens (including phenoxy) is 1. The third kappa shape index (κ3) is 3.14. The van der Waals surface area contributed by atoms with Gasteiger partial charge in [0.25, 0.3) is 0 Å². The first-order valence-electron chi connectivity index (χ1n) is 5.91. The molecule has 0 saturated heterocycles. The molecule has 0 atom stereocenters. The van der Waals surface area contributed by atoms with E-state index in [-0.39, 0.29) is 0 Å². The number of nitrogen functional groups attached to an aromatic ring is 1. The van der Waals surface area contributed by atoms with Crippen molar-refractivity contribution < 1.29 is 4.74 Å². The van der Waals surface area contributed by atoms with E-state index < -0.39 is 0 Å². The molecule has 2 rings (SSSR count). The van der Waals surface area contributed by atoms with Crippen molar-refractivity contribution in [2.24, 2.45) is 5.92 Å². The summed E-state index contributed by atoms with van der Waals surface area (Å²) in [6, 6.07) is 7.93. The van der Waals surface area contributed by atoms with Gasteiger partial charge in [-0.25, -0.2) is 0 Å². The van der Waals surface area contributed by atoms with Crippen molar-refractivity contribution in [3.05, 3.63) is 24.3 Å². The molecule has 3 nitrogen and oxygen atoms in total. The van der Waals surface area contributed by atoms with Crippen LogP contribution in [0.1, 0.15) is 12.8 Å². The molecule has 0 bridgehead atoms. The van der Waals surface area contributed by atoms with Gasteiger partial charge in [-0.15, -0.1) is 0 Å². The van der Waals surface area contributed by atoms with Crippen molar-refractivity contribution in [3.8, 4) is 0 Å². The fourth-order valence-electron chi connectivity index (χ4n) is 1.69. The molecule has 3 heteroatoms. The number of hydrogen-bond donors (Lipinski definition) is 1. The molecule has 0 radical (unpaired) electrons. The van der Waals surface area contributed by atoms with E-state index in [1.807, 2.05) is 31.3 Å². The van der Waals surface area contributed by atoms with Crippen LogP contribution in [0.2, 0.25) is 0 Å². The minimum Gasteiger partial charge on any atom is -0.397 e. The van der Waals surface area contributed by atoms with Crippen molar-refractivity contribution >= 4 is 11.4 Å². The van der Waals surface area contributed by atoms with Crippen LogP contribution < -0.4 is 10.6 Å². The first kappa shape index (κ1) is 11.3. The van der Waals surface area contributed by atoms with Gasteiger partial charge >= 0.3 is 0 Å². The predicted octanol–water partition coefficient (Wildman–Crippen LogP) is 2.13. The van der Waals surface area contributed by atoms with Crippen LogP contribution in [-0.2, 0) is 4.74 Å². The quantitative estimate of drug-likeness (QED) is 0.589. The molecule has 0 aliphatic heterocycles. The van der Waals surface area contributed by atoms with Gasteiger partial charge in [0.05, 0.1) is 18.0 Å². The summed E-state index contributed by atoms with van der Waals surface area (Å²) >= 11 is 0. The summed E-state index contributed by atoms with van der Waals surface area (Å²) in [6.45, 7) is 2.60. The monoisotopic (exact) mass is 220 g/mol. The Labute approximate surface area is 97.2 Å². The summed E-state index contributed by atoms with van der Waals surface area (Å²) in [5, 5.41) is 0. The molecule has 88 valence electrons. The largest absolute Gasteiger partial charge is 0.397 e. The zero-order valence-corrected chi connectivity index (χ0v) is 9.86. The van der Waals surface area contributed by atoms with Gasteiger partial charge in [-0.05, 0) is 30.9 Å². The molecule has 0 aromatic heterocycles. The average Bonchev–Trinajstić information content (AvgIpc) is 3.08. The third-order valence-corrected chi connectivity index (χ3v) is 2.97. The smallest absolute Gasteiger partial charge is 0.0641 e. The van der Waals surface area contributed by atoms with Crippen molar-refractivity contribution in [2.45, 2.75) is 12.8 Å². The lowest BCUT2D eigenvalue weighted by molar-refractivity contribution is 0.131. The van der Waals surface area contributed by atoms with Crippen LogP contribution in [-0.4, -0.2) is 26.8 Å². The lowest BCUT2D eigenvalue weighted by atomic mass is 10.2. The first-order chi connectivity index (χ1) is 7.77. The Kier molecular flexibility index (Phi) is 3.67. The molecule has 0 heterocycles. The summed E-state index contributed by atoms with van der Waals surface area (Å²) in [4.78, 5) is 2.14. The number of likely N-dealkylation sites (N-methyl/N-ethyl adjacent to an activating group) is 1. The molecule has 1 aliphatic carbocycles. The second-order valence-electron chi connectivity index (χ2n) is 4.50. The van der Waals surface area contributed by atoms with Gasteiger partial charge in [-0.2, -0.15) is 0 Å². The van der Waals surface area contributed by atoms with Gasteiger partial charge in [0.1, 0.15) is 0 Å². The highest BCUT2D eigenvalue weighted by molar-refractivity contribution is 5.66. The average molecular weight is 220 g/mol. The number of nitrogens with two attached hydrogens (primary N) is 1. The molecule has 2 N–H and O–H groups in total. The Morgan fingerprint density at radius 1 is 1.38 bits per heavy atom. The van der Waals surface area contributed by atoms with Crippen molar-refractivity contribution in [1.29, 1.82) is 0 Å². The standard InChI is InChI=1S/C13H20N2O/c1-15(8-9-16-10-11-6-7-11)13-5-3-2-4-12(13)14/h2-5,11H,6-10,14H2,1H3. The van der Waals surface area contributed by atoms with E-state index in [0.717, 1.165) is 37.1 Å². The summed E-state index contributed by atoms with van der Waals surface area (Å²) in [5.41, 5.74) is 7.81. The van der Waals surface area contributed by atoms with E-state index in [0.29, 0.717) is 0 Å². The molecular weight excluding hydrogens is 200 g/mol. The Morgan fingerprint density at radius 2 is 2.12 bits per heavy atom. The fraction of sp³-hybridized carbons (Fsp3) is 0.538. The summed E-state index contributed by atoms with van der Waals surface area (Å²) in [7, 11) is 2.05. The van der Waals surface area contributed by atoms with Crippen LogP contribution in [0.4, 0.5) is 11.4 Å². The molecule has 1 fully saturated rings. The number of benzene rings is 1. The minimum atomic E-state index is 0.779. The molecule has 0 unspecified atom stereocenters. The Morgan fingerprint density at radius 3 is 2.81 bits per heavy atom. The number of rotatable bonds is 6. The summed E-state index contributed by atoms with van der Waals surface area (Å²) < 4.78 is 5.61. The highest BCUT2D eigenvalue weighted by Gasteiger charge is 2.20.